The van der Waals surface area contributed by atoms with E-state index in [-0.39, 0.29) is 5.41 Å². The summed E-state index contributed by atoms with van der Waals surface area (Å²) in [5.74, 6) is 0.384. The molecular weight excluding hydrogens is 186 g/mol. The van der Waals surface area contributed by atoms with Crippen LogP contribution in [0.2, 0.25) is 0 Å². The van der Waals surface area contributed by atoms with Crippen LogP contribution in [0.3, 0.4) is 0 Å². The molecule has 1 heterocycles. The van der Waals surface area contributed by atoms with Crippen LogP contribution in [0.4, 0.5) is 0 Å². The molecule has 1 aromatic rings. The fourth-order valence-corrected chi connectivity index (χ4v) is 2.66. The number of rotatable bonds is 3. The van der Waals surface area contributed by atoms with E-state index >= 15 is 0 Å². The first kappa shape index (κ1) is 10.5. The number of hydrogen-bond donors (Lipinski definition) is 2. The van der Waals surface area contributed by atoms with E-state index in [1.54, 1.807) is 6.07 Å². The van der Waals surface area contributed by atoms with Crippen LogP contribution in [0, 0.1) is 0 Å². The topological polar surface area (TPSA) is 32.3 Å². The average Bonchev–Trinajstić information content (AvgIpc) is 2.68. The highest BCUT2D eigenvalue weighted by Gasteiger charge is 2.34. The molecule has 1 fully saturated rings. The normalized spacial score (nSPS) is 25.7. The molecular formula is C13H19NO. The third kappa shape index (κ3) is 2.00. The third-order valence-corrected chi connectivity index (χ3v) is 3.43. The summed E-state index contributed by atoms with van der Waals surface area (Å²) in [4.78, 5) is 0. The molecule has 0 aromatic heterocycles. The monoisotopic (exact) mass is 205 g/mol. The predicted octanol–water partition coefficient (Wildman–Crippen LogP) is 2.42. The molecule has 82 valence electrons. The Kier molecular flexibility index (Phi) is 2.96. The second-order valence-corrected chi connectivity index (χ2v) is 4.51. The summed E-state index contributed by atoms with van der Waals surface area (Å²) in [5.41, 5.74) is 1.54. The lowest BCUT2D eigenvalue weighted by Gasteiger charge is -2.28. The quantitative estimate of drug-likeness (QED) is 0.794. The molecule has 1 unspecified atom stereocenters. The van der Waals surface area contributed by atoms with Gasteiger partial charge in [-0.15, -0.1) is 0 Å². The van der Waals surface area contributed by atoms with Crippen molar-refractivity contribution in [1.29, 1.82) is 0 Å². The van der Waals surface area contributed by atoms with Gasteiger partial charge in [-0.2, -0.15) is 0 Å². The van der Waals surface area contributed by atoms with Crippen molar-refractivity contribution in [2.45, 2.75) is 31.6 Å². The number of phenols is 1. The maximum absolute atomic E-state index is 9.54. The van der Waals surface area contributed by atoms with Gasteiger partial charge in [0, 0.05) is 12.0 Å². The number of hydrogen-bond acceptors (Lipinski definition) is 2. The highest BCUT2D eigenvalue weighted by molar-refractivity contribution is 5.34. The molecule has 1 aliphatic heterocycles. The number of aromatic hydroxyl groups is 1. The highest BCUT2D eigenvalue weighted by Crippen LogP contribution is 2.36. The van der Waals surface area contributed by atoms with Gasteiger partial charge < -0.3 is 10.4 Å². The van der Waals surface area contributed by atoms with Gasteiger partial charge in [0.2, 0.25) is 0 Å². The molecule has 0 spiro atoms. The first-order valence-corrected chi connectivity index (χ1v) is 5.77. The fourth-order valence-electron chi connectivity index (χ4n) is 2.66. The van der Waals surface area contributed by atoms with Crippen molar-refractivity contribution in [3.8, 4) is 5.75 Å². The summed E-state index contributed by atoms with van der Waals surface area (Å²) in [6.45, 7) is 4.36. The van der Waals surface area contributed by atoms with Crippen molar-refractivity contribution in [3.63, 3.8) is 0 Å². The van der Waals surface area contributed by atoms with Crippen molar-refractivity contribution >= 4 is 0 Å². The Balaban J connectivity index is 2.31. The van der Waals surface area contributed by atoms with E-state index in [0.717, 1.165) is 13.1 Å². The molecule has 2 heteroatoms. The van der Waals surface area contributed by atoms with Crippen LogP contribution in [0.15, 0.2) is 24.3 Å². The molecule has 15 heavy (non-hydrogen) atoms. The summed E-state index contributed by atoms with van der Waals surface area (Å²) >= 11 is 0. The molecule has 1 aromatic carbocycles. The van der Waals surface area contributed by atoms with E-state index < -0.39 is 0 Å². The summed E-state index contributed by atoms with van der Waals surface area (Å²) < 4.78 is 0. The number of nitrogens with one attached hydrogen (secondary N) is 1. The zero-order valence-electron chi connectivity index (χ0n) is 9.29. The van der Waals surface area contributed by atoms with E-state index in [2.05, 4.69) is 18.3 Å². The molecule has 1 aliphatic rings. The van der Waals surface area contributed by atoms with Gasteiger partial charge in [0.25, 0.3) is 0 Å². The van der Waals surface area contributed by atoms with Crippen molar-refractivity contribution in [2.24, 2.45) is 0 Å². The second kappa shape index (κ2) is 4.23. The molecule has 0 radical (unpaired) electrons. The Morgan fingerprint density at radius 2 is 2.33 bits per heavy atom. The number of phenolic OH excluding ortho intramolecular Hbond substituents is 1. The molecule has 1 saturated heterocycles. The van der Waals surface area contributed by atoms with Crippen LogP contribution in [-0.2, 0) is 5.41 Å². The predicted molar refractivity (Wildman–Crippen MR) is 62.2 cm³/mol. The van der Waals surface area contributed by atoms with Crippen LogP contribution in [0.5, 0.6) is 5.75 Å². The van der Waals surface area contributed by atoms with Gasteiger partial charge >= 0.3 is 0 Å². The second-order valence-electron chi connectivity index (χ2n) is 4.51. The summed E-state index contributed by atoms with van der Waals surface area (Å²) in [7, 11) is 0. The van der Waals surface area contributed by atoms with Gasteiger partial charge in [0.15, 0.2) is 0 Å². The molecule has 2 N–H and O–H groups in total. The minimum atomic E-state index is 0.257. The van der Waals surface area contributed by atoms with Gasteiger partial charge in [-0.25, -0.2) is 0 Å². The van der Waals surface area contributed by atoms with Crippen molar-refractivity contribution < 1.29 is 5.11 Å². The highest BCUT2D eigenvalue weighted by atomic mass is 16.3. The zero-order chi connectivity index (χ0) is 10.7. The van der Waals surface area contributed by atoms with E-state index in [4.69, 9.17) is 0 Å². The number of benzene rings is 1. The van der Waals surface area contributed by atoms with E-state index in [0.29, 0.717) is 5.75 Å². The molecule has 0 aliphatic carbocycles. The van der Waals surface area contributed by atoms with Crippen LogP contribution in [0.25, 0.3) is 0 Å². The molecule has 2 nitrogen and oxygen atoms in total. The van der Waals surface area contributed by atoms with Gasteiger partial charge in [0.05, 0.1) is 0 Å². The Hall–Kier alpha value is -1.02. The van der Waals surface area contributed by atoms with Gasteiger partial charge in [-0.05, 0) is 37.1 Å². The Morgan fingerprint density at radius 1 is 1.47 bits per heavy atom. The SMILES string of the molecule is CCCC1(c2cccc(O)c2)CCNC1. The van der Waals surface area contributed by atoms with E-state index in [1.807, 2.05) is 12.1 Å². The molecule has 0 amide bonds. The van der Waals surface area contributed by atoms with Crippen LogP contribution >= 0.6 is 0 Å². The first-order valence-electron chi connectivity index (χ1n) is 5.77. The Labute approximate surface area is 91.3 Å². The van der Waals surface area contributed by atoms with E-state index in [9.17, 15) is 5.11 Å². The van der Waals surface area contributed by atoms with Gasteiger partial charge in [0.1, 0.15) is 5.75 Å². The molecule has 2 rings (SSSR count). The maximum atomic E-state index is 9.54. The average molecular weight is 205 g/mol. The van der Waals surface area contributed by atoms with Crippen LogP contribution in [0.1, 0.15) is 31.7 Å². The lowest BCUT2D eigenvalue weighted by molar-refractivity contribution is 0.421. The van der Waals surface area contributed by atoms with Gasteiger partial charge in [-0.3, -0.25) is 0 Å². The minimum absolute atomic E-state index is 0.257. The third-order valence-electron chi connectivity index (χ3n) is 3.43. The molecule has 0 bridgehead atoms. The van der Waals surface area contributed by atoms with Gasteiger partial charge in [-0.1, -0.05) is 25.5 Å². The minimum Gasteiger partial charge on any atom is -0.508 e. The fraction of sp³-hybridized carbons (Fsp3) is 0.538. The molecule has 1 atom stereocenters. The Bertz CT molecular complexity index is 329. The van der Waals surface area contributed by atoms with Crippen LogP contribution in [-0.4, -0.2) is 18.2 Å². The molecule has 0 saturated carbocycles. The lowest BCUT2D eigenvalue weighted by atomic mass is 9.76. The summed E-state index contributed by atoms with van der Waals surface area (Å²) in [5, 5.41) is 13.0. The summed E-state index contributed by atoms with van der Waals surface area (Å²) in [6.07, 6.45) is 3.57. The lowest BCUT2D eigenvalue weighted by Crippen LogP contribution is -2.28. The smallest absolute Gasteiger partial charge is 0.115 e. The first-order chi connectivity index (χ1) is 7.27. The zero-order valence-corrected chi connectivity index (χ0v) is 9.29. The Morgan fingerprint density at radius 3 is 2.93 bits per heavy atom. The van der Waals surface area contributed by atoms with E-state index in [1.165, 1.54) is 24.8 Å². The standard InChI is InChI=1S/C13H19NO/c1-2-6-13(7-8-14-10-13)11-4-3-5-12(15)9-11/h3-5,9,14-15H,2,6-8,10H2,1H3. The van der Waals surface area contributed by atoms with Crippen molar-refractivity contribution in [1.82, 2.24) is 5.32 Å². The van der Waals surface area contributed by atoms with Crippen molar-refractivity contribution in [3.05, 3.63) is 29.8 Å². The van der Waals surface area contributed by atoms with Crippen molar-refractivity contribution in [2.75, 3.05) is 13.1 Å². The van der Waals surface area contributed by atoms with Crippen LogP contribution < -0.4 is 5.32 Å². The summed E-state index contributed by atoms with van der Waals surface area (Å²) in [6, 6.07) is 7.75. The maximum Gasteiger partial charge on any atom is 0.115 e. The largest absolute Gasteiger partial charge is 0.508 e.